The van der Waals surface area contributed by atoms with Gasteiger partial charge in [0.05, 0.1) is 28.4 Å². The van der Waals surface area contributed by atoms with Gasteiger partial charge in [0.2, 0.25) is 15.9 Å². The molecule has 0 spiro atoms. The number of hydrogen-bond donors (Lipinski definition) is 1. The lowest BCUT2D eigenvalue weighted by Gasteiger charge is -2.20. The predicted octanol–water partition coefficient (Wildman–Crippen LogP) is 3.62. The van der Waals surface area contributed by atoms with Crippen molar-refractivity contribution in [2.24, 2.45) is 0 Å². The summed E-state index contributed by atoms with van der Waals surface area (Å²) >= 11 is 1.49. The Kier molecular flexibility index (Phi) is 6.78. The van der Waals surface area contributed by atoms with Crippen LogP contribution in [0.4, 0.5) is 11.4 Å². The summed E-state index contributed by atoms with van der Waals surface area (Å²) in [5, 5.41) is 5.58. The summed E-state index contributed by atoms with van der Waals surface area (Å²) in [6.45, 7) is 2.03. The van der Waals surface area contributed by atoms with Crippen LogP contribution in [0.5, 0.6) is 0 Å². The van der Waals surface area contributed by atoms with E-state index in [0.717, 1.165) is 14.9 Å². The van der Waals surface area contributed by atoms with Crippen LogP contribution < -0.4 is 10.2 Å². The second-order valence-electron chi connectivity index (χ2n) is 7.60. The van der Waals surface area contributed by atoms with E-state index in [9.17, 15) is 13.2 Å². The summed E-state index contributed by atoms with van der Waals surface area (Å²) in [6.07, 6.45) is 0.0971. The highest BCUT2D eigenvalue weighted by Crippen LogP contribution is 2.29. The van der Waals surface area contributed by atoms with Gasteiger partial charge in [0.15, 0.2) is 0 Å². The molecule has 0 aliphatic rings. The fraction of sp³-hybridized carbons (Fsp3) is 0.273. The number of sulfonamides is 1. The molecule has 0 unspecified atom stereocenters. The van der Waals surface area contributed by atoms with E-state index in [4.69, 9.17) is 0 Å². The number of aryl methyl sites for hydroxylation is 1. The molecule has 3 rings (SSSR count). The molecule has 1 aromatic heterocycles. The molecule has 0 atom stereocenters. The summed E-state index contributed by atoms with van der Waals surface area (Å²) < 4.78 is 26.1. The zero-order valence-corrected chi connectivity index (χ0v) is 19.8. The Morgan fingerprint density at radius 2 is 1.74 bits per heavy atom. The molecule has 0 fully saturated rings. The summed E-state index contributed by atoms with van der Waals surface area (Å²) in [6, 6.07) is 12.8. The SMILES string of the molecule is Cc1ccc(-c2nc(CC(=O)Nc3cc(S(=O)(=O)N(C)C)ccc3N(C)C)cs2)cc1. The third-order valence-electron chi connectivity index (χ3n) is 4.69. The molecule has 164 valence electrons. The number of rotatable bonds is 7. The van der Waals surface area contributed by atoms with Crippen molar-refractivity contribution in [1.82, 2.24) is 9.29 Å². The molecule has 0 saturated heterocycles. The fourth-order valence-corrected chi connectivity index (χ4v) is 4.71. The number of carbonyl (C=O) groups excluding carboxylic acids is 1. The number of nitrogens with zero attached hydrogens (tertiary/aromatic N) is 3. The van der Waals surface area contributed by atoms with Crippen LogP contribution in [-0.2, 0) is 21.2 Å². The number of carbonyl (C=O) groups is 1. The number of aromatic nitrogens is 1. The van der Waals surface area contributed by atoms with Crippen LogP contribution in [0.15, 0.2) is 52.7 Å². The van der Waals surface area contributed by atoms with Crippen molar-refractivity contribution >= 4 is 38.6 Å². The van der Waals surface area contributed by atoms with Crippen LogP contribution >= 0.6 is 11.3 Å². The van der Waals surface area contributed by atoms with E-state index in [1.807, 2.05) is 55.6 Å². The van der Waals surface area contributed by atoms with Crippen LogP contribution in [0.2, 0.25) is 0 Å². The smallest absolute Gasteiger partial charge is 0.242 e. The van der Waals surface area contributed by atoms with E-state index in [0.29, 0.717) is 17.1 Å². The second kappa shape index (κ2) is 9.17. The molecule has 1 amide bonds. The first-order valence-electron chi connectivity index (χ1n) is 9.63. The lowest BCUT2D eigenvalue weighted by Crippen LogP contribution is -2.23. The maximum Gasteiger partial charge on any atom is 0.242 e. The molecule has 0 saturated carbocycles. The molecule has 0 bridgehead atoms. The predicted molar refractivity (Wildman–Crippen MR) is 126 cm³/mol. The minimum atomic E-state index is -3.61. The first-order chi connectivity index (χ1) is 14.6. The van der Waals surface area contributed by atoms with Gasteiger partial charge in [-0.25, -0.2) is 17.7 Å². The van der Waals surface area contributed by atoms with Crippen LogP contribution in [0.1, 0.15) is 11.3 Å². The Morgan fingerprint density at radius 1 is 1.06 bits per heavy atom. The summed E-state index contributed by atoms with van der Waals surface area (Å²) in [4.78, 5) is 19.2. The molecule has 0 aliphatic carbocycles. The Morgan fingerprint density at radius 3 is 2.35 bits per heavy atom. The second-order valence-corrected chi connectivity index (χ2v) is 10.6. The topological polar surface area (TPSA) is 82.6 Å². The van der Waals surface area contributed by atoms with Gasteiger partial charge in [-0.2, -0.15) is 0 Å². The first-order valence-corrected chi connectivity index (χ1v) is 11.9. The van der Waals surface area contributed by atoms with Gasteiger partial charge >= 0.3 is 0 Å². The number of hydrogen-bond acceptors (Lipinski definition) is 6. The number of amides is 1. The molecule has 2 aromatic carbocycles. The summed E-state index contributed by atoms with van der Waals surface area (Å²) in [5.74, 6) is -0.261. The van der Waals surface area contributed by atoms with Gasteiger partial charge in [-0.1, -0.05) is 29.8 Å². The Bertz CT molecular complexity index is 1180. The third kappa shape index (κ3) is 5.30. The van der Waals surface area contributed by atoms with Crippen molar-refractivity contribution in [1.29, 1.82) is 0 Å². The van der Waals surface area contributed by atoms with Crippen LogP contribution in [0.25, 0.3) is 10.6 Å². The van der Waals surface area contributed by atoms with Crippen molar-refractivity contribution in [3.05, 3.63) is 59.1 Å². The highest BCUT2D eigenvalue weighted by Gasteiger charge is 2.20. The van der Waals surface area contributed by atoms with E-state index < -0.39 is 10.0 Å². The quantitative estimate of drug-likeness (QED) is 0.585. The lowest BCUT2D eigenvalue weighted by molar-refractivity contribution is -0.115. The van der Waals surface area contributed by atoms with E-state index in [2.05, 4.69) is 10.3 Å². The lowest BCUT2D eigenvalue weighted by atomic mass is 10.2. The highest BCUT2D eigenvalue weighted by molar-refractivity contribution is 7.89. The minimum absolute atomic E-state index is 0.0971. The number of anilines is 2. The molecule has 1 heterocycles. The van der Waals surface area contributed by atoms with E-state index in [-0.39, 0.29) is 17.2 Å². The third-order valence-corrected chi connectivity index (χ3v) is 7.45. The van der Waals surface area contributed by atoms with Crippen molar-refractivity contribution in [2.75, 3.05) is 38.4 Å². The molecule has 0 aliphatic heterocycles. The minimum Gasteiger partial charge on any atom is -0.376 e. The number of nitrogens with one attached hydrogen (secondary N) is 1. The van der Waals surface area contributed by atoms with Crippen molar-refractivity contribution in [3.63, 3.8) is 0 Å². The average Bonchev–Trinajstić information content (AvgIpc) is 3.16. The van der Waals surface area contributed by atoms with Crippen molar-refractivity contribution < 1.29 is 13.2 Å². The van der Waals surface area contributed by atoms with Crippen LogP contribution in [0.3, 0.4) is 0 Å². The molecule has 0 radical (unpaired) electrons. The van der Waals surface area contributed by atoms with E-state index >= 15 is 0 Å². The van der Waals surface area contributed by atoms with Gasteiger partial charge in [-0.05, 0) is 25.1 Å². The monoisotopic (exact) mass is 458 g/mol. The van der Waals surface area contributed by atoms with E-state index in [1.54, 1.807) is 6.07 Å². The zero-order chi connectivity index (χ0) is 22.8. The Hall–Kier alpha value is -2.75. The van der Waals surface area contributed by atoms with Crippen molar-refractivity contribution in [2.45, 2.75) is 18.2 Å². The number of benzene rings is 2. The van der Waals surface area contributed by atoms with Gasteiger partial charge < -0.3 is 10.2 Å². The molecule has 9 heteroatoms. The van der Waals surface area contributed by atoms with Crippen molar-refractivity contribution in [3.8, 4) is 10.6 Å². The Balaban J connectivity index is 1.80. The maximum atomic E-state index is 12.7. The maximum absolute atomic E-state index is 12.7. The van der Waals surface area contributed by atoms with Crippen LogP contribution in [-0.4, -0.2) is 51.8 Å². The number of thiazole rings is 1. The first kappa shape index (κ1) is 22.9. The normalized spacial score (nSPS) is 11.5. The van der Waals surface area contributed by atoms with Gasteiger partial charge in [0.25, 0.3) is 0 Å². The molecular formula is C22H26N4O3S2. The molecular weight excluding hydrogens is 432 g/mol. The van der Waals surface area contributed by atoms with Gasteiger partial charge in [0, 0.05) is 39.1 Å². The largest absolute Gasteiger partial charge is 0.376 e. The molecule has 3 aromatic rings. The standard InChI is InChI=1S/C22H26N4O3S2/c1-15-6-8-16(9-7-15)22-23-17(14-30-22)12-21(27)24-19-13-18(31(28,29)26(4)5)10-11-20(19)25(2)3/h6-11,13-14H,12H2,1-5H3,(H,24,27). The molecule has 7 nitrogen and oxygen atoms in total. The van der Waals surface area contributed by atoms with Gasteiger partial charge in [-0.3, -0.25) is 4.79 Å². The average molecular weight is 459 g/mol. The summed E-state index contributed by atoms with van der Waals surface area (Å²) in [5.41, 5.74) is 4.01. The zero-order valence-electron chi connectivity index (χ0n) is 18.2. The highest BCUT2D eigenvalue weighted by atomic mass is 32.2. The molecule has 31 heavy (non-hydrogen) atoms. The van der Waals surface area contributed by atoms with Crippen LogP contribution in [0, 0.1) is 6.92 Å². The van der Waals surface area contributed by atoms with Gasteiger partial charge in [-0.15, -0.1) is 11.3 Å². The molecule has 1 N–H and O–H groups in total. The Labute approximate surface area is 187 Å². The summed E-state index contributed by atoms with van der Waals surface area (Å²) in [7, 11) is 3.00. The van der Waals surface area contributed by atoms with E-state index in [1.165, 1.54) is 43.1 Å². The fourth-order valence-electron chi connectivity index (χ4n) is 2.95. The van der Waals surface area contributed by atoms with Gasteiger partial charge in [0.1, 0.15) is 5.01 Å².